The van der Waals surface area contributed by atoms with Gasteiger partial charge in [0.2, 0.25) is 0 Å². The number of para-hydroxylation sites is 1. The Labute approximate surface area is 100 Å². The molecule has 0 aliphatic heterocycles. The maximum atomic E-state index is 11.0. The SMILES string of the molecule is Cc1c(C(N)=O)nnn1-c1ccccc1Br. The molecule has 0 saturated heterocycles. The number of benzene rings is 1. The van der Waals surface area contributed by atoms with Gasteiger partial charge in [-0.3, -0.25) is 4.79 Å². The van der Waals surface area contributed by atoms with Crippen molar-refractivity contribution >= 4 is 21.8 Å². The lowest BCUT2D eigenvalue weighted by atomic mass is 10.3. The largest absolute Gasteiger partial charge is 0.364 e. The van der Waals surface area contributed by atoms with Crippen molar-refractivity contribution in [3.8, 4) is 5.69 Å². The van der Waals surface area contributed by atoms with Gasteiger partial charge in [0.05, 0.1) is 11.4 Å². The zero-order valence-electron chi connectivity index (χ0n) is 8.51. The second-order valence-corrected chi connectivity index (χ2v) is 4.11. The highest BCUT2D eigenvalue weighted by atomic mass is 79.9. The third kappa shape index (κ3) is 1.71. The van der Waals surface area contributed by atoms with E-state index >= 15 is 0 Å². The fourth-order valence-electron chi connectivity index (χ4n) is 1.41. The molecule has 0 aliphatic rings. The molecule has 2 N–H and O–H groups in total. The summed E-state index contributed by atoms with van der Waals surface area (Å²) in [6, 6.07) is 7.54. The van der Waals surface area contributed by atoms with Gasteiger partial charge >= 0.3 is 0 Å². The minimum absolute atomic E-state index is 0.191. The van der Waals surface area contributed by atoms with Crippen LogP contribution in [0.5, 0.6) is 0 Å². The van der Waals surface area contributed by atoms with E-state index in [9.17, 15) is 4.79 Å². The molecule has 0 bridgehead atoms. The zero-order chi connectivity index (χ0) is 11.7. The molecule has 1 aromatic heterocycles. The van der Waals surface area contributed by atoms with Gasteiger partial charge in [-0.05, 0) is 35.0 Å². The number of halogens is 1. The van der Waals surface area contributed by atoms with Gasteiger partial charge in [-0.25, -0.2) is 4.68 Å². The Hall–Kier alpha value is -1.69. The summed E-state index contributed by atoms with van der Waals surface area (Å²) in [5.74, 6) is -0.573. The van der Waals surface area contributed by atoms with E-state index in [0.717, 1.165) is 10.2 Å². The van der Waals surface area contributed by atoms with E-state index in [4.69, 9.17) is 5.73 Å². The van der Waals surface area contributed by atoms with Gasteiger partial charge < -0.3 is 5.73 Å². The van der Waals surface area contributed by atoms with Crippen LogP contribution in [0.2, 0.25) is 0 Å². The van der Waals surface area contributed by atoms with E-state index in [0.29, 0.717) is 5.69 Å². The molecule has 82 valence electrons. The van der Waals surface area contributed by atoms with Gasteiger partial charge in [-0.2, -0.15) is 0 Å². The lowest BCUT2D eigenvalue weighted by Gasteiger charge is -2.04. The van der Waals surface area contributed by atoms with Crippen molar-refractivity contribution in [1.82, 2.24) is 15.0 Å². The van der Waals surface area contributed by atoms with Crippen molar-refractivity contribution < 1.29 is 4.79 Å². The normalized spacial score (nSPS) is 10.4. The van der Waals surface area contributed by atoms with Crippen molar-refractivity contribution in [2.75, 3.05) is 0 Å². The van der Waals surface area contributed by atoms with Crippen LogP contribution in [0, 0.1) is 6.92 Å². The van der Waals surface area contributed by atoms with E-state index in [1.54, 1.807) is 11.6 Å². The highest BCUT2D eigenvalue weighted by Crippen LogP contribution is 2.21. The third-order valence-corrected chi connectivity index (χ3v) is 2.88. The quantitative estimate of drug-likeness (QED) is 0.905. The Balaban J connectivity index is 2.58. The molecule has 1 amide bonds. The van der Waals surface area contributed by atoms with Gasteiger partial charge in [0.25, 0.3) is 5.91 Å². The maximum absolute atomic E-state index is 11.0. The summed E-state index contributed by atoms with van der Waals surface area (Å²) < 4.78 is 2.45. The molecule has 0 saturated carbocycles. The van der Waals surface area contributed by atoms with Crippen molar-refractivity contribution in [2.45, 2.75) is 6.92 Å². The number of primary amides is 1. The molecular formula is C10H9BrN4O. The highest BCUT2D eigenvalue weighted by Gasteiger charge is 2.15. The van der Waals surface area contributed by atoms with Crippen LogP contribution in [0.1, 0.15) is 16.2 Å². The maximum Gasteiger partial charge on any atom is 0.271 e. The summed E-state index contributed by atoms with van der Waals surface area (Å²) in [6.45, 7) is 1.75. The van der Waals surface area contributed by atoms with Gasteiger partial charge in [0.1, 0.15) is 0 Å². The average molecular weight is 281 g/mol. The Bertz CT molecular complexity index is 550. The number of rotatable bonds is 2. The second kappa shape index (κ2) is 4.05. The van der Waals surface area contributed by atoms with Crippen molar-refractivity contribution in [3.63, 3.8) is 0 Å². The lowest BCUT2D eigenvalue weighted by molar-refractivity contribution is 0.0995. The molecule has 2 rings (SSSR count). The molecule has 1 heterocycles. The van der Waals surface area contributed by atoms with Gasteiger partial charge in [0.15, 0.2) is 5.69 Å². The highest BCUT2D eigenvalue weighted by molar-refractivity contribution is 9.10. The molecule has 0 fully saturated rings. The van der Waals surface area contributed by atoms with E-state index in [1.807, 2.05) is 24.3 Å². The first kappa shape index (κ1) is 10.8. The van der Waals surface area contributed by atoms with Crippen molar-refractivity contribution in [2.24, 2.45) is 5.73 Å². The minimum atomic E-state index is -0.573. The van der Waals surface area contributed by atoms with Crippen LogP contribution in [-0.4, -0.2) is 20.9 Å². The van der Waals surface area contributed by atoms with Crippen LogP contribution < -0.4 is 5.73 Å². The summed E-state index contributed by atoms with van der Waals surface area (Å²) in [7, 11) is 0. The molecule has 6 heteroatoms. The van der Waals surface area contributed by atoms with Crippen molar-refractivity contribution in [3.05, 3.63) is 40.1 Å². The fraction of sp³-hybridized carbons (Fsp3) is 0.100. The van der Waals surface area contributed by atoms with Gasteiger partial charge in [-0.1, -0.05) is 17.3 Å². The first-order valence-electron chi connectivity index (χ1n) is 4.58. The molecular weight excluding hydrogens is 272 g/mol. The Morgan fingerprint density at radius 1 is 1.44 bits per heavy atom. The smallest absolute Gasteiger partial charge is 0.271 e. The summed E-state index contributed by atoms with van der Waals surface area (Å²) >= 11 is 3.41. The van der Waals surface area contributed by atoms with Gasteiger partial charge in [0, 0.05) is 4.47 Å². The molecule has 0 unspecified atom stereocenters. The molecule has 1 aromatic carbocycles. The number of hydrogen-bond donors (Lipinski definition) is 1. The number of carbonyl (C=O) groups excluding carboxylic acids is 1. The van der Waals surface area contributed by atoms with Gasteiger partial charge in [-0.15, -0.1) is 5.10 Å². The molecule has 0 spiro atoms. The number of hydrogen-bond acceptors (Lipinski definition) is 3. The minimum Gasteiger partial charge on any atom is -0.364 e. The second-order valence-electron chi connectivity index (χ2n) is 3.25. The molecule has 0 aliphatic carbocycles. The molecule has 0 atom stereocenters. The van der Waals surface area contributed by atoms with Crippen LogP contribution in [0.3, 0.4) is 0 Å². The van der Waals surface area contributed by atoms with Crippen LogP contribution in [-0.2, 0) is 0 Å². The Morgan fingerprint density at radius 2 is 2.12 bits per heavy atom. The zero-order valence-corrected chi connectivity index (χ0v) is 10.1. The summed E-state index contributed by atoms with van der Waals surface area (Å²) in [5.41, 5.74) is 6.81. The molecule has 16 heavy (non-hydrogen) atoms. The molecule has 0 radical (unpaired) electrons. The van der Waals surface area contributed by atoms with E-state index < -0.39 is 5.91 Å². The topological polar surface area (TPSA) is 73.8 Å². The first-order chi connectivity index (χ1) is 7.61. The van der Waals surface area contributed by atoms with Crippen LogP contribution in [0.15, 0.2) is 28.7 Å². The molecule has 5 nitrogen and oxygen atoms in total. The number of aromatic nitrogens is 3. The monoisotopic (exact) mass is 280 g/mol. The van der Waals surface area contributed by atoms with Crippen LogP contribution in [0.25, 0.3) is 5.69 Å². The van der Waals surface area contributed by atoms with Crippen molar-refractivity contribution in [1.29, 1.82) is 0 Å². The van der Waals surface area contributed by atoms with Crippen LogP contribution >= 0.6 is 15.9 Å². The predicted octanol–water partition coefficient (Wildman–Crippen LogP) is 1.44. The standard InChI is InChI=1S/C10H9BrN4O/c1-6-9(10(12)16)13-14-15(6)8-5-3-2-4-7(8)11/h2-5H,1H3,(H2,12,16). The first-order valence-corrected chi connectivity index (χ1v) is 5.37. The average Bonchev–Trinajstić information content (AvgIpc) is 2.61. The Morgan fingerprint density at radius 3 is 2.69 bits per heavy atom. The Kier molecular flexibility index (Phi) is 2.74. The van der Waals surface area contributed by atoms with E-state index in [2.05, 4.69) is 26.2 Å². The number of carbonyl (C=O) groups is 1. The summed E-state index contributed by atoms with van der Waals surface area (Å²) in [6.07, 6.45) is 0. The van der Waals surface area contributed by atoms with E-state index in [1.165, 1.54) is 0 Å². The number of amides is 1. The summed E-state index contributed by atoms with van der Waals surface area (Å²) in [5, 5.41) is 7.65. The number of nitrogens with two attached hydrogens (primary N) is 1. The fourth-order valence-corrected chi connectivity index (χ4v) is 1.86. The third-order valence-electron chi connectivity index (χ3n) is 2.21. The molecule has 2 aromatic rings. The lowest BCUT2D eigenvalue weighted by Crippen LogP contribution is -2.13. The number of nitrogens with zero attached hydrogens (tertiary/aromatic N) is 3. The predicted molar refractivity (Wildman–Crippen MR) is 62.3 cm³/mol. The summed E-state index contributed by atoms with van der Waals surface area (Å²) in [4.78, 5) is 11.0. The van der Waals surface area contributed by atoms with Crippen LogP contribution in [0.4, 0.5) is 0 Å². The van der Waals surface area contributed by atoms with E-state index in [-0.39, 0.29) is 5.69 Å².